The Morgan fingerprint density at radius 1 is 1.14 bits per heavy atom. The number of allylic oxidation sites excluding steroid dienone is 5. The first-order valence-corrected chi connectivity index (χ1v) is 17.8. The highest BCUT2D eigenvalue weighted by molar-refractivity contribution is 6.06. The van der Waals surface area contributed by atoms with E-state index in [1.165, 1.54) is 11.0 Å². The van der Waals surface area contributed by atoms with Gasteiger partial charge in [0.05, 0.1) is 24.1 Å². The lowest BCUT2D eigenvalue weighted by Gasteiger charge is -2.40. The SMILES string of the molecule is C=C(/C=C\C=C/CC)NC(=O)c1cc(F)c(/C(=C2\C(N)=NC=C(F)N2C(=C)C2CCCN(C(=O)CC(C)C)C2)C(C)CC)c(OCC)c1.CC. The van der Waals surface area contributed by atoms with Gasteiger partial charge in [-0.3, -0.25) is 14.5 Å². The zero-order chi connectivity index (χ0) is 37.5. The molecule has 0 aliphatic carbocycles. The number of amides is 2. The summed E-state index contributed by atoms with van der Waals surface area (Å²) in [5.41, 5.74) is 7.86. The summed E-state index contributed by atoms with van der Waals surface area (Å²) >= 11 is 0. The number of likely N-dealkylation sites (tertiary alicyclic amines) is 1. The largest absolute Gasteiger partial charge is 0.493 e. The first-order valence-electron chi connectivity index (χ1n) is 17.8. The van der Waals surface area contributed by atoms with Crippen molar-refractivity contribution in [1.82, 2.24) is 15.1 Å². The van der Waals surface area contributed by atoms with Gasteiger partial charge in [-0.1, -0.05) is 79.9 Å². The van der Waals surface area contributed by atoms with E-state index in [0.717, 1.165) is 25.1 Å². The molecular formula is C40H57F2N5O3. The van der Waals surface area contributed by atoms with Crippen LogP contribution in [0.2, 0.25) is 0 Å². The summed E-state index contributed by atoms with van der Waals surface area (Å²) in [6.07, 6.45) is 11.5. The maximum absolute atomic E-state index is 16.5. The van der Waals surface area contributed by atoms with Crippen molar-refractivity contribution in [3.63, 3.8) is 0 Å². The number of nitrogens with zero attached hydrogens (tertiary/aromatic N) is 3. The lowest BCUT2D eigenvalue weighted by Crippen LogP contribution is -2.44. The molecule has 50 heavy (non-hydrogen) atoms. The van der Waals surface area contributed by atoms with Crippen LogP contribution in [0.1, 0.15) is 103 Å². The average Bonchev–Trinajstić information content (AvgIpc) is 3.09. The molecule has 0 saturated carbocycles. The van der Waals surface area contributed by atoms with Crippen LogP contribution in [0, 0.1) is 23.6 Å². The molecule has 2 aliphatic rings. The van der Waals surface area contributed by atoms with Crippen molar-refractivity contribution < 1.29 is 23.1 Å². The van der Waals surface area contributed by atoms with E-state index in [9.17, 15) is 9.59 Å². The number of piperidine rings is 1. The molecule has 2 atom stereocenters. The van der Waals surface area contributed by atoms with E-state index < -0.39 is 17.7 Å². The number of rotatable bonds is 14. The van der Waals surface area contributed by atoms with Gasteiger partial charge in [0.1, 0.15) is 17.4 Å². The lowest BCUT2D eigenvalue weighted by atomic mass is 9.86. The van der Waals surface area contributed by atoms with Crippen LogP contribution >= 0.6 is 0 Å². The van der Waals surface area contributed by atoms with Gasteiger partial charge in [-0.2, -0.15) is 4.39 Å². The maximum Gasteiger partial charge on any atom is 0.255 e. The zero-order valence-corrected chi connectivity index (χ0v) is 31.2. The Morgan fingerprint density at radius 3 is 2.46 bits per heavy atom. The molecule has 2 amide bonds. The van der Waals surface area contributed by atoms with Gasteiger partial charge in [-0.25, -0.2) is 9.38 Å². The molecule has 0 spiro atoms. The molecule has 2 heterocycles. The number of hydrogen-bond donors (Lipinski definition) is 2. The molecule has 2 unspecified atom stereocenters. The van der Waals surface area contributed by atoms with Crippen molar-refractivity contribution in [2.24, 2.45) is 28.5 Å². The highest BCUT2D eigenvalue weighted by Gasteiger charge is 2.36. The Balaban J connectivity index is 0.00000425. The van der Waals surface area contributed by atoms with Crippen molar-refractivity contribution in [2.75, 3.05) is 19.7 Å². The Bertz CT molecular complexity index is 1540. The van der Waals surface area contributed by atoms with E-state index >= 15 is 8.78 Å². The predicted octanol–water partition coefficient (Wildman–Crippen LogP) is 9.01. The summed E-state index contributed by atoms with van der Waals surface area (Å²) in [5.74, 6) is -2.28. The van der Waals surface area contributed by atoms with Gasteiger partial charge >= 0.3 is 0 Å². The fraction of sp³-hybridized carbons (Fsp3) is 0.475. The molecule has 1 fully saturated rings. The standard InChI is InChI=1S/C38H51F2N5O3.C2H6/c1-9-12-13-14-16-26(7)43-38(47)29-20-30(39)35(31(21-29)48-11-3)34(25(6)10-2)36-37(41)42-22-32(40)45(36)27(8)28-17-15-18-44(23-28)33(46)19-24(4)5;1-2/h12-14,16,20-22,24-25,28H,7-11,15,17-19,23H2,1-6H3,(H2,41,42)(H,43,47);1-2H3/b13-12-,16-14-,36-34+;. The summed E-state index contributed by atoms with van der Waals surface area (Å²) in [5, 5.41) is 2.68. The molecule has 3 N–H and O–H groups in total. The molecule has 0 radical (unpaired) electrons. The van der Waals surface area contributed by atoms with Crippen molar-refractivity contribution in [2.45, 2.75) is 87.5 Å². The minimum Gasteiger partial charge on any atom is -0.493 e. The Kier molecular flexibility index (Phi) is 16.9. The van der Waals surface area contributed by atoms with Gasteiger partial charge < -0.3 is 20.7 Å². The van der Waals surface area contributed by atoms with Crippen LogP contribution in [0.25, 0.3) is 5.57 Å². The third kappa shape index (κ3) is 10.8. The zero-order valence-electron chi connectivity index (χ0n) is 31.2. The smallest absolute Gasteiger partial charge is 0.255 e. The molecule has 2 aliphatic heterocycles. The van der Waals surface area contributed by atoms with Gasteiger partial charge in [0.25, 0.3) is 5.91 Å². The quantitative estimate of drug-likeness (QED) is 0.150. The lowest BCUT2D eigenvalue weighted by molar-refractivity contribution is -0.133. The predicted molar refractivity (Wildman–Crippen MR) is 201 cm³/mol. The van der Waals surface area contributed by atoms with Crippen LogP contribution in [-0.4, -0.2) is 47.1 Å². The second-order valence-corrected chi connectivity index (χ2v) is 12.6. The van der Waals surface area contributed by atoms with E-state index in [0.29, 0.717) is 49.3 Å². The Labute approximate surface area is 298 Å². The van der Waals surface area contributed by atoms with Gasteiger partial charge in [0.2, 0.25) is 11.9 Å². The number of amidine groups is 1. The number of halogens is 2. The molecule has 1 aromatic rings. The number of carbonyl (C=O) groups is 2. The summed E-state index contributed by atoms with van der Waals surface area (Å²) in [4.78, 5) is 33.4. The second-order valence-electron chi connectivity index (χ2n) is 12.6. The van der Waals surface area contributed by atoms with E-state index in [1.54, 1.807) is 19.1 Å². The number of benzene rings is 1. The van der Waals surface area contributed by atoms with Crippen LogP contribution in [0.15, 0.2) is 83.8 Å². The molecule has 10 heteroatoms. The third-order valence-electron chi connectivity index (χ3n) is 8.41. The van der Waals surface area contributed by atoms with Crippen molar-refractivity contribution in [3.05, 3.63) is 95.8 Å². The molecule has 0 aromatic heterocycles. The minimum absolute atomic E-state index is 0.0136. The Hall–Kier alpha value is -4.47. The average molecular weight is 694 g/mol. The fourth-order valence-electron chi connectivity index (χ4n) is 5.83. The summed E-state index contributed by atoms with van der Waals surface area (Å²) in [6.45, 7) is 24.9. The van der Waals surface area contributed by atoms with Gasteiger partial charge in [0.15, 0.2) is 0 Å². The minimum atomic E-state index is -0.739. The first-order chi connectivity index (χ1) is 23.8. The van der Waals surface area contributed by atoms with Crippen LogP contribution in [0.4, 0.5) is 8.78 Å². The van der Waals surface area contributed by atoms with E-state index in [-0.39, 0.29) is 58.7 Å². The van der Waals surface area contributed by atoms with E-state index in [2.05, 4.69) is 23.5 Å². The Morgan fingerprint density at radius 2 is 1.84 bits per heavy atom. The number of aliphatic imine (C=N–C) groups is 1. The van der Waals surface area contributed by atoms with Gasteiger partial charge in [-0.05, 0) is 68.2 Å². The van der Waals surface area contributed by atoms with Crippen molar-refractivity contribution in [3.8, 4) is 5.75 Å². The summed E-state index contributed by atoms with van der Waals surface area (Å²) in [6, 6.07) is 2.60. The van der Waals surface area contributed by atoms with Crippen LogP contribution in [-0.2, 0) is 4.79 Å². The summed E-state index contributed by atoms with van der Waals surface area (Å²) < 4.78 is 38.4. The van der Waals surface area contributed by atoms with Crippen LogP contribution in [0.5, 0.6) is 5.75 Å². The molecule has 3 rings (SSSR count). The number of ether oxygens (including phenoxy) is 1. The highest BCUT2D eigenvalue weighted by atomic mass is 19.1. The van der Waals surface area contributed by atoms with Gasteiger partial charge in [-0.15, -0.1) is 0 Å². The number of nitrogens with one attached hydrogen (secondary N) is 1. The highest BCUT2D eigenvalue weighted by Crippen LogP contribution is 2.43. The first kappa shape index (κ1) is 41.7. The second kappa shape index (κ2) is 20.3. The molecule has 1 saturated heterocycles. The molecule has 1 aromatic carbocycles. The van der Waals surface area contributed by atoms with Gasteiger partial charge in [0, 0.05) is 42.4 Å². The maximum atomic E-state index is 16.5. The van der Waals surface area contributed by atoms with Crippen molar-refractivity contribution >= 4 is 23.2 Å². The normalized spacial score (nSPS) is 17.9. The summed E-state index contributed by atoms with van der Waals surface area (Å²) in [7, 11) is 0. The van der Waals surface area contributed by atoms with E-state index in [1.807, 2.05) is 65.5 Å². The van der Waals surface area contributed by atoms with Crippen molar-refractivity contribution in [1.29, 1.82) is 0 Å². The number of nitrogens with two attached hydrogens (primary N) is 1. The fourth-order valence-corrected chi connectivity index (χ4v) is 5.83. The van der Waals surface area contributed by atoms with Crippen LogP contribution < -0.4 is 15.8 Å². The molecule has 0 bridgehead atoms. The van der Waals surface area contributed by atoms with Crippen LogP contribution in [0.3, 0.4) is 0 Å². The monoisotopic (exact) mass is 693 g/mol. The number of carbonyl (C=O) groups excluding carboxylic acids is 2. The number of hydrogen-bond acceptors (Lipinski definition) is 6. The topological polar surface area (TPSA) is 100 Å². The molecule has 274 valence electrons. The molecular weight excluding hydrogens is 636 g/mol. The molecule has 8 nitrogen and oxygen atoms in total. The van der Waals surface area contributed by atoms with E-state index in [4.69, 9.17) is 10.5 Å². The third-order valence-corrected chi connectivity index (χ3v) is 8.41.